The van der Waals surface area contributed by atoms with E-state index in [1.807, 2.05) is 0 Å². The molecule has 1 spiro atoms. The van der Waals surface area contributed by atoms with E-state index in [2.05, 4.69) is 0 Å². The Bertz CT molecular complexity index is 4100. The Morgan fingerprint density at radius 1 is 0.529 bits per heavy atom. The SMILES string of the molecule is O=C(OC1COC(=O)c2cc(O)c(O)c(O)c2-c2c(cc(O)c(O)c2O)C(=O)OC1C1OC(=O)c2cc(O)c(O)c(O)c2C2=C(O)C(=O)C34Oc5c6c(cc(O)c5C3C1OC(=O)C24)OC(c1ccc(O)c(O)c1)C(O)C6)c1cc(O)c(O)c(O)c1. The molecule has 5 aliphatic heterocycles. The molecule has 17 N–H and O–H groups in total. The second-order valence-corrected chi connectivity index (χ2v) is 20.2. The van der Waals surface area contributed by atoms with Crippen molar-refractivity contribution in [1.82, 2.24) is 0 Å². The summed E-state index contributed by atoms with van der Waals surface area (Å²) in [6.07, 6.45) is -14.7. The quantitative estimate of drug-likeness (QED) is 0.0684. The molecule has 0 radical (unpaired) electrons. The Morgan fingerprint density at radius 3 is 1.66 bits per heavy atom. The summed E-state index contributed by atoms with van der Waals surface area (Å²) < 4.78 is 42.1. The second kappa shape index (κ2) is 18.5. The predicted molar refractivity (Wildman–Crippen MR) is 268 cm³/mol. The summed E-state index contributed by atoms with van der Waals surface area (Å²) in [5.41, 5.74) is -12.8. The first-order valence-electron chi connectivity index (χ1n) is 24.7. The Hall–Kier alpha value is -11.6. The highest BCUT2D eigenvalue weighted by atomic mass is 16.6. The van der Waals surface area contributed by atoms with Crippen LogP contribution >= 0.6 is 0 Å². The van der Waals surface area contributed by atoms with Gasteiger partial charge in [0, 0.05) is 45.9 Å². The predicted octanol–water partition coefficient (Wildman–Crippen LogP) is 2.44. The van der Waals surface area contributed by atoms with Crippen LogP contribution in [0.3, 0.4) is 0 Å². The van der Waals surface area contributed by atoms with Gasteiger partial charge >= 0.3 is 29.8 Å². The van der Waals surface area contributed by atoms with E-state index >= 15 is 19.2 Å². The van der Waals surface area contributed by atoms with Crippen LogP contribution in [0.2, 0.25) is 0 Å². The molecular formula is C55H38O30. The molecule has 30 nitrogen and oxygen atoms in total. The molecule has 9 atom stereocenters. The van der Waals surface area contributed by atoms with Crippen molar-refractivity contribution >= 4 is 41.2 Å². The summed E-state index contributed by atoms with van der Waals surface area (Å²) in [6.45, 7) is -1.56. The summed E-state index contributed by atoms with van der Waals surface area (Å²) in [7, 11) is 0. The van der Waals surface area contributed by atoms with Crippen molar-refractivity contribution < 1.29 is 149 Å². The number of esters is 5. The van der Waals surface area contributed by atoms with Gasteiger partial charge in [-0.15, -0.1) is 0 Å². The number of ether oxygens (including phenoxy) is 7. The van der Waals surface area contributed by atoms with E-state index in [1.165, 1.54) is 6.07 Å². The van der Waals surface area contributed by atoms with Gasteiger partial charge in [0.15, 0.2) is 93.4 Å². The first kappa shape index (κ1) is 54.0. The number of hydrogen-bond acceptors (Lipinski definition) is 30. The summed E-state index contributed by atoms with van der Waals surface area (Å²) in [6, 6.07) is 6.47. The average molecular weight is 1180 g/mol. The van der Waals surface area contributed by atoms with Gasteiger partial charge in [0.1, 0.15) is 35.9 Å². The zero-order valence-corrected chi connectivity index (χ0v) is 42.1. The summed E-state index contributed by atoms with van der Waals surface area (Å²) in [5, 5.41) is 187. The van der Waals surface area contributed by atoms with Crippen molar-refractivity contribution in [3.05, 3.63) is 105 Å². The van der Waals surface area contributed by atoms with E-state index in [1.54, 1.807) is 0 Å². The number of phenols is 15. The number of hydrogen-bond donors (Lipinski definition) is 17. The van der Waals surface area contributed by atoms with Crippen LogP contribution < -0.4 is 9.47 Å². The highest BCUT2D eigenvalue weighted by Crippen LogP contribution is 2.67. The van der Waals surface area contributed by atoms with Crippen LogP contribution in [0.5, 0.6) is 97.7 Å². The molecule has 30 heteroatoms. The molecule has 85 heavy (non-hydrogen) atoms. The number of cyclic esters (lactones) is 3. The maximum atomic E-state index is 15.4. The number of ketones is 1. The maximum absolute atomic E-state index is 15.4. The summed E-state index contributed by atoms with van der Waals surface area (Å²) in [4.78, 5) is 89.8. The van der Waals surface area contributed by atoms with Gasteiger partial charge in [-0.25, -0.2) is 19.2 Å². The summed E-state index contributed by atoms with van der Waals surface area (Å²) in [5.74, 6) is -36.4. The minimum absolute atomic E-state index is 0.0685. The Balaban J connectivity index is 1.12. The van der Waals surface area contributed by atoms with Gasteiger partial charge in [-0.2, -0.15) is 0 Å². The zero-order chi connectivity index (χ0) is 61.1. The number of benzene rings is 6. The largest absolute Gasteiger partial charge is 0.507 e. The minimum Gasteiger partial charge on any atom is -0.507 e. The van der Waals surface area contributed by atoms with Crippen molar-refractivity contribution in [2.75, 3.05) is 6.61 Å². The number of aliphatic hydroxyl groups excluding tert-OH is 2. The third kappa shape index (κ3) is 7.60. The van der Waals surface area contributed by atoms with Crippen LogP contribution in [0.15, 0.2) is 60.4 Å². The van der Waals surface area contributed by atoms with Gasteiger partial charge in [0.25, 0.3) is 0 Å². The standard InChI is InChI=1S/C55H38O30/c56-18-2-1-12(3-19(18)57)44-26(64)6-14-27(80-44)10-20(58)32-34-47-48(84-53(77)17-9-25(63)39(68)42(71)31(17)33-35(54(78)83-47)55(34,85-45(14)32)49(73)43(33)72)46-28(81-50(74)13-4-21(59)36(65)22(60)5-13)11-79-51(75)15-7-23(61)37(66)40(69)29(15)30-16(52(76)82-46)8-24(62)38(67)41(30)70/h1-5,7-10,26,28,34-35,44,46-48,56-72H,6,11H2. The molecule has 9 unspecified atom stereocenters. The first-order chi connectivity index (χ1) is 40.2. The molecule has 6 aliphatic rings. The van der Waals surface area contributed by atoms with E-state index < -0.39 is 251 Å². The molecule has 1 fully saturated rings. The lowest BCUT2D eigenvalue weighted by atomic mass is 9.67. The summed E-state index contributed by atoms with van der Waals surface area (Å²) >= 11 is 0. The molecule has 438 valence electrons. The van der Waals surface area contributed by atoms with E-state index in [-0.39, 0.29) is 16.9 Å². The Morgan fingerprint density at radius 2 is 1.07 bits per heavy atom. The molecular weight excluding hydrogens is 1140 g/mol. The van der Waals surface area contributed by atoms with E-state index in [4.69, 9.17) is 33.2 Å². The molecule has 4 bridgehead atoms. The third-order valence-electron chi connectivity index (χ3n) is 15.5. The number of phenolic OH excluding ortho intramolecular Hbond substituents is 15. The fraction of sp³-hybridized carbons (Fsp3) is 0.200. The van der Waals surface area contributed by atoms with Crippen molar-refractivity contribution in [2.45, 2.75) is 54.6 Å². The third-order valence-corrected chi connectivity index (χ3v) is 15.5. The van der Waals surface area contributed by atoms with Crippen molar-refractivity contribution in [2.24, 2.45) is 5.92 Å². The van der Waals surface area contributed by atoms with Gasteiger partial charge in [0.2, 0.25) is 28.6 Å². The Kier molecular flexibility index (Phi) is 11.8. The average Bonchev–Trinajstić information content (AvgIpc) is 1.52. The number of carbonyl (C=O) groups is 6. The Labute approximate surface area is 469 Å². The molecule has 1 aliphatic carbocycles. The lowest BCUT2D eigenvalue weighted by Gasteiger charge is -2.47. The van der Waals surface area contributed by atoms with E-state index in [9.17, 15) is 96.4 Å². The number of rotatable bonds is 4. The monoisotopic (exact) mass is 1180 g/mol. The topological polar surface area (TPSA) is 511 Å². The molecule has 6 aromatic rings. The highest BCUT2D eigenvalue weighted by Gasteiger charge is 2.76. The molecule has 5 heterocycles. The maximum Gasteiger partial charge on any atom is 0.339 e. The van der Waals surface area contributed by atoms with E-state index in [0.717, 1.165) is 18.2 Å². The fourth-order valence-corrected chi connectivity index (χ4v) is 11.7. The zero-order valence-electron chi connectivity index (χ0n) is 42.1. The van der Waals surface area contributed by atoms with E-state index in [0.29, 0.717) is 30.3 Å². The van der Waals surface area contributed by atoms with Gasteiger partial charge in [0.05, 0.1) is 34.3 Å². The number of aromatic hydroxyl groups is 15. The van der Waals surface area contributed by atoms with Gasteiger partial charge in [-0.3, -0.25) is 9.59 Å². The van der Waals surface area contributed by atoms with Crippen molar-refractivity contribution in [3.8, 4) is 109 Å². The number of Topliss-reactive ketones (excluding diaryl/α,β-unsaturated/α-hetero) is 1. The molecule has 0 amide bonds. The highest BCUT2D eigenvalue weighted by molar-refractivity contribution is 6.21. The molecule has 6 aromatic carbocycles. The normalized spacial score (nSPS) is 24.5. The van der Waals surface area contributed by atoms with Crippen molar-refractivity contribution in [3.63, 3.8) is 0 Å². The van der Waals surface area contributed by atoms with Gasteiger partial charge in [-0.1, -0.05) is 6.07 Å². The molecule has 1 saturated heterocycles. The lowest BCUT2D eigenvalue weighted by Crippen LogP contribution is -2.65. The molecule has 0 saturated carbocycles. The van der Waals surface area contributed by atoms with Gasteiger partial charge in [-0.05, 0) is 48.0 Å². The van der Waals surface area contributed by atoms with Crippen molar-refractivity contribution in [1.29, 1.82) is 0 Å². The van der Waals surface area contributed by atoms with Crippen LogP contribution in [-0.4, -0.2) is 165 Å². The van der Waals surface area contributed by atoms with Crippen LogP contribution in [-0.2, 0) is 39.7 Å². The first-order valence-corrected chi connectivity index (χ1v) is 24.7. The smallest absolute Gasteiger partial charge is 0.339 e. The fourth-order valence-electron chi connectivity index (χ4n) is 11.7. The lowest BCUT2D eigenvalue weighted by molar-refractivity contribution is -0.200. The number of fused-ring (bicyclic) bond motifs is 8. The number of aliphatic hydroxyl groups is 2. The van der Waals surface area contributed by atoms with Crippen LogP contribution in [0.1, 0.15) is 75.7 Å². The molecule has 12 rings (SSSR count). The number of carbonyl (C=O) groups excluding carboxylic acids is 6. The van der Waals surface area contributed by atoms with Crippen LogP contribution in [0.4, 0.5) is 0 Å². The van der Waals surface area contributed by atoms with Crippen LogP contribution in [0, 0.1) is 5.92 Å². The van der Waals surface area contributed by atoms with Crippen LogP contribution in [0.25, 0.3) is 16.7 Å². The minimum atomic E-state index is -3.11. The second-order valence-electron chi connectivity index (χ2n) is 20.2. The molecule has 0 aromatic heterocycles. The van der Waals surface area contributed by atoms with Gasteiger partial charge < -0.3 is 120 Å².